The molecule has 2 amide bonds. The van der Waals surface area contributed by atoms with E-state index >= 15 is 0 Å². The zero-order valence-electron chi connectivity index (χ0n) is 14.6. The molecule has 1 atom stereocenters. The maximum absolute atomic E-state index is 12.4. The van der Waals surface area contributed by atoms with Gasteiger partial charge in [0.1, 0.15) is 0 Å². The van der Waals surface area contributed by atoms with Crippen LogP contribution >= 0.6 is 0 Å². The first kappa shape index (κ1) is 18.5. The minimum Gasteiger partial charge on any atom is -0.322 e. The van der Waals surface area contributed by atoms with Crippen LogP contribution in [0, 0.1) is 0 Å². The van der Waals surface area contributed by atoms with Gasteiger partial charge >= 0.3 is 0 Å². The average molecular weight is 378 g/mol. The van der Waals surface area contributed by atoms with Crippen molar-refractivity contribution in [3.8, 4) is 0 Å². The molecule has 0 aromatic heterocycles. The van der Waals surface area contributed by atoms with E-state index in [2.05, 4.69) is 10.6 Å². The molecule has 0 heterocycles. The molecule has 5 nitrogen and oxygen atoms in total. The van der Waals surface area contributed by atoms with Gasteiger partial charge in [-0.25, -0.2) is 0 Å². The SMILES string of the molecule is CS(=O)c1ccc(C(=O)Nc2cccc(NC(=O)c3ccccc3)c2)cc1. The Morgan fingerprint density at radius 3 is 1.74 bits per heavy atom. The van der Waals surface area contributed by atoms with Crippen molar-refractivity contribution in [2.75, 3.05) is 16.9 Å². The fraction of sp³-hybridized carbons (Fsp3) is 0.0476. The lowest BCUT2D eigenvalue weighted by Crippen LogP contribution is -2.14. The Morgan fingerprint density at radius 1 is 0.704 bits per heavy atom. The Bertz CT molecular complexity index is 986. The van der Waals surface area contributed by atoms with E-state index in [-0.39, 0.29) is 11.8 Å². The van der Waals surface area contributed by atoms with Crippen LogP contribution in [0.2, 0.25) is 0 Å². The summed E-state index contributed by atoms with van der Waals surface area (Å²) in [6.45, 7) is 0. The highest BCUT2D eigenvalue weighted by atomic mass is 32.2. The summed E-state index contributed by atoms with van der Waals surface area (Å²) in [5.41, 5.74) is 2.16. The number of rotatable bonds is 5. The predicted octanol–water partition coefficient (Wildman–Crippen LogP) is 3.93. The van der Waals surface area contributed by atoms with Crippen LogP contribution in [-0.4, -0.2) is 22.3 Å². The van der Waals surface area contributed by atoms with Crippen LogP contribution < -0.4 is 10.6 Å². The number of amides is 2. The average Bonchev–Trinajstić information content (AvgIpc) is 2.69. The fourth-order valence-electron chi connectivity index (χ4n) is 2.47. The molecule has 3 aromatic rings. The minimum atomic E-state index is -1.09. The van der Waals surface area contributed by atoms with E-state index in [9.17, 15) is 13.8 Å². The Morgan fingerprint density at radius 2 is 1.22 bits per heavy atom. The summed E-state index contributed by atoms with van der Waals surface area (Å²) < 4.78 is 11.4. The van der Waals surface area contributed by atoms with E-state index in [1.807, 2.05) is 6.07 Å². The monoisotopic (exact) mass is 378 g/mol. The lowest BCUT2D eigenvalue weighted by atomic mass is 10.2. The molecule has 0 radical (unpaired) electrons. The molecule has 0 spiro atoms. The summed E-state index contributed by atoms with van der Waals surface area (Å²) in [6.07, 6.45) is 1.59. The summed E-state index contributed by atoms with van der Waals surface area (Å²) in [6, 6.07) is 22.4. The first-order valence-electron chi connectivity index (χ1n) is 8.24. The molecule has 0 aliphatic heterocycles. The number of anilines is 2. The van der Waals surface area contributed by atoms with E-state index < -0.39 is 10.8 Å². The zero-order valence-corrected chi connectivity index (χ0v) is 15.5. The van der Waals surface area contributed by atoms with Crippen LogP contribution in [0.3, 0.4) is 0 Å². The Balaban J connectivity index is 1.69. The maximum Gasteiger partial charge on any atom is 0.255 e. The summed E-state index contributed by atoms with van der Waals surface area (Å²) in [7, 11) is -1.09. The van der Waals surface area contributed by atoms with Crippen LogP contribution in [0.25, 0.3) is 0 Å². The van der Waals surface area contributed by atoms with E-state index in [1.54, 1.807) is 79.1 Å². The number of nitrogens with one attached hydrogen (secondary N) is 2. The third kappa shape index (κ3) is 4.89. The van der Waals surface area contributed by atoms with Crippen molar-refractivity contribution in [2.24, 2.45) is 0 Å². The van der Waals surface area contributed by atoms with Crippen molar-refractivity contribution in [3.05, 3.63) is 90.0 Å². The third-order valence-electron chi connectivity index (χ3n) is 3.86. The van der Waals surface area contributed by atoms with Crippen LogP contribution in [0.5, 0.6) is 0 Å². The van der Waals surface area contributed by atoms with Gasteiger partial charge in [-0.3, -0.25) is 13.8 Å². The number of benzene rings is 3. The van der Waals surface area contributed by atoms with E-state index in [1.165, 1.54) is 0 Å². The second-order valence-electron chi connectivity index (χ2n) is 5.83. The van der Waals surface area contributed by atoms with E-state index in [0.717, 1.165) is 0 Å². The molecule has 6 heteroatoms. The van der Waals surface area contributed by atoms with E-state index in [0.29, 0.717) is 27.4 Å². The minimum absolute atomic E-state index is 0.220. The van der Waals surface area contributed by atoms with Gasteiger partial charge in [0.2, 0.25) is 0 Å². The number of carbonyl (C=O) groups is 2. The van der Waals surface area contributed by atoms with Crippen molar-refractivity contribution < 1.29 is 13.8 Å². The Kier molecular flexibility index (Phi) is 5.78. The second kappa shape index (κ2) is 8.42. The predicted molar refractivity (Wildman–Crippen MR) is 108 cm³/mol. The molecule has 0 aliphatic carbocycles. The molecule has 0 bridgehead atoms. The third-order valence-corrected chi connectivity index (χ3v) is 4.80. The smallest absolute Gasteiger partial charge is 0.255 e. The van der Waals surface area contributed by atoms with Crippen LogP contribution in [-0.2, 0) is 10.8 Å². The van der Waals surface area contributed by atoms with Crippen molar-refractivity contribution in [1.82, 2.24) is 0 Å². The normalized spacial score (nSPS) is 11.4. The molecule has 0 saturated carbocycles. The van der Waals surface area contributed by atoms with E-state index in [4.69, 9.17) is 0 Å². The zero-order chi connectivity index (χ0) is 19.2. The molecule has 0 fully saturated rings. The summed E-state index contributed by atoms with van der Waals surface area (Å²) in [5.74, 6) is -0.503. The summed E-state index contributed by atoms with van der Waals surface area (Å²) in [5, 5.41) is 5.60. The van der Waals surface area contributed by atoms with Crippen molar-refractivity contribution in [3.63, 3.8) is 0 Å². The van der Waals surface area contributed by atoms with Gasteiger partial charge in [0.15, 0.2) is 0 Å². The fourth-order valence-corrected chi connectivity index (χ4v) is 2.99. The molecule has 3 aromatic carbocycles. The topological polar surface area (TPSA) is 75.3 Å². The molecule has 0 aliphatic rings. The molecule has 3 rings (SSSR count). The largest absolute Gasteiger partial charge is 0.322 e. The Labute approximate surface area is 159 Å². The lowest BCUT2D eigenvalue weighted by molar-refractivity contribution is 0.101. The van der Waals surface area contributed by atoms with Gasteiger partial charge in [-0.05, 0) is 54.6 Å². The summed E-state index contributed by atoms with van der Waals surface area (Å²) in [4.78, 5) is 25.3. The van der Waals surface area contributed by atoms with Gasteiger partial charge < -0.3 is 10.6 Å². The Hall–Kier alpha value is -3.25. The van der Waals surface area contributed by atoms with Gasteiger partial charge in [0.05, 0.1) is 0 Å². The van der Waals surface area contributed by atoms with Gasteiger partial charge in [-0.1, -0.05) is 24.3 Å². The van der Waals surface area contributed by atoms with Crippen molar-refractivity contribution in [2.45, 2.75) is 4.90 Å². The van der Waals surface area contributed by atoms with Crippen LogP contribution in [0.15, 0.2) is 83.8 Å². The molecular formula is C21H18N2O3S. The molecule has 0 saturated heterocycles. The first-order chi connectivity index (χ1) is 13.0. The van der Waals surface area contributed by atoms with Crippen molar-refractivity contribution in [1.29, 1.82) is 0 Å². The summed E-state index contributed by atoms with van der Waals surface area (Å²) >= 11 is 0. The van der Waals surface area contributed by atoms with Crippen LogP contribution in [0.1, 0.15) is 20.7 Å². The first-order valence-corrected chi connectivity index (χ1v) is 9.80. The molecule has 1 unspecified atom stereocenters. The second-order valence-corrected chi connectivity index (χ2v) is 7.21. The highest BCUT2D eigenvalue weighted by Crippen LogP contribution is 2.17. The van der Waals surface area contributed by atoms with Crippen molar-refractivity contribution >= 4 is 34.0 Å². The van der Waals surface area contributed by atoms with Crippen LogP contribution in [0.4, 0.5) is 11.4 Å². The quantitative estimate of drug-likeness (QED) is 0.706. The molecular weight excluding hydrogens is 360 g/mol. The number of carbonyl (C=O) groups excluding carboxylic acids is 2. The van der Waals surface area contributed by atoms with Gasteiger partial charge in [0, 0.05) is 44.5 Å². The van der Waals surface area contributed by atoms with Gasteiger partial charge in [-0.15, -0.1) is 0 Å². The highest BCUT2D eigenvalue weighted by molar-refractivity contribution is 7.84. The molecule has 27 heavy (non-hydrogen) atoms. The number of hydrogen-bond donors (Lipinski definition) is 2. The molecule has 136 valence electrons. The maximum atomic E-state index is 12.4. The van der Waals surface area contributed by atoms with Gasteiger partial charge in [-0.2, -0.15) is 0 Å². The highest BCUT2D eigenvalue weighted by Gasteiger charge is 2.09. The number of hydrogen-bond acceptors (Lipinski definition) is 3. The van der Waals surface area contributed by atoms with Gasteiger partial charge in [0.25, 0.3) is 11.8 Å². The standard InChI is InChI=1S/C21H18N2O3S/c1-27(26)19-12-10-16(11-13-19)21(25)23-18-9-5-8-17(14-18)22-20(24)15-6-3-2-4-7-15/h2-14H,1H3,(H,22,24)(H,23,25). The molecule has 2 N–H and O–H groups in total. The lowest BCUT2D eigenvalue weighted by Gasteiger charge is -2.09.